The number of pyridine rings is 1. The van der Waals surface area contributed by atoms with E-state index in [0.717, 1.165) is 30.6 Å². The number of anilines is 1. The van der Waals surface area contributed by atoms with Crippen molar-refractivity contribution in [1.29, 1.82) is 0 Å². The van der Waals surface area contributed by atoms with Crippen molar-refractivity contribution in [3.63, 3.8) is 0 Å². The maximum Gasteiger partial charge on any atom is 0.331 e. The molecule has 2 amide bonds. The van der Waals surface area contributed by atoms with Crippen LogP contribution in [0.1, 0.15) is 36.8 Å². The number of hydrogen-bond donors (Lipinski definition) is 4. The van der Waals surface area contributed by atoms with E-state index < -0.39 is 35.0 Å². The highest BCUT2D eigenvalue weighted by atomic mass is 32.2. The predicted molar refractivity (Wildman–Crippen MR) is 135 cm³/mol. The Bertz CT molecular complexity index is 1280. The molecule has 192 valence electrons. The van der Waals surface area contributed by atoms with Gasteiger partial charge in [0.05, 0.1) is 25.6 Å². The first-order valence-electron chi connectivity index (χ1n) is 11.3. The molecular formula is C24H27FN4O5S2. The maximum absolute atomic E-state index is 14.7. The summed E-state index contributed by atoms with van der Waals surface area (Å²) in [6.45, 7) is 0.823. The molecule has 1 aliphatic rings. The highest BCUT2D eigenvalue weighted by Crippen LogP contribution is 2.38. The van der Waals surface area contributed by atoms with E-state index in [1.54, 1.807) is 12.1 Å². The van der Waals surface area contributed by atoms with Crippen LogP contribution in [-0.4, -0.2) is 44.1 Å². The van der Waals surface area contributed by atoms with Crippen LogP contribution in [0.3, 0.4) is 0 Å². The van der Waals surface area contributed by atoms with Gasteiger partial charge in [-0.1, -0.05) is 19.3 Å². The highest BCUT2D eigenvalue weighted by Gasteiger charge is 2.28. The third-order valence-electron chi connectivity index (χ3n) is 6.03. The Hall–Kier alpha value is -2.93. The van der Waals surface area contributed by atoms with Gasteiger partial charge in [0.15, 0.2) is 11.0 Å². The SMILES string of the molecule is COc1cc(-c2cc(F)cc(CC3CCC3)c2NC(=O)NS(=O)c2cnc(C(C)(O)CO)s2)ccn1. The van der Waals surface area contributed by atoms with E-state index in [-0.39, 0.29) is 9.22 Å². The smallest absolute Gasteiger partial charge is 0.331 e. The van der Waals surface area contributed by atoms with Crippen molar-refractivity contribution in [2.45, 2.75) is 42.4 Å². The zero-order valence-corrected chi connectivity index (χ0v) is 21.4. The summed E-state index contributed by atoms with van der Waals surface area (Å²) in [6, 6.07) is 5.34. The third-order valence-corrected chi connectivity index (χ3v) is 8.62. The van der Waals surface area contributed by atoms with Crippen LogP contribution in [0.25, 0.3) is 11.1 Å². The number of halogens is 1. The summed E-state index contributed by atoms with van der Waals surface area (Å²) < 4.78 is 35.2. The summed E-state index contributed by atoms with van der Waals surface area (Å²) in [5.74, 6) is 0.311. The Balaban J connectivity index is 1.61. The number of thiazole rings is 1. The van der Waals surface area contributed by atoms with Gasteiger partial charge < -0.3 is 20.3 Å². The van der Waals surface area contributed by atoms with Gasteiger partial charge in [-0.25, -0.2) is 23.4 Å². The molecule has 0 bridgehead atoms. The minimum absolute atomic E-state index is 0.172. The summed E-state index contributed by atoms with van der Waals surface area (Å²) >= 11 is 0.915. The molecule has 2 heterocycles. The van der Waals surface area contributed by atoms with Crippen LogP contribution >= 0.6 is 11.3 Å². The lowest BCUT2D eigenvalue weighted by Crippen LogP contribution is -2.31. The Morgan fingerprint density at radius 2 is 2.11 bits per heavy atom. The van der Waals surface area contributed by atoms with Gasteiger partial charge in [0.2, 0.25) is 5.88 Å². The zero-order chi connectivity index (χ0) is 25.9. The van der Waals surface area contributed by atoms with Crippen LogP contribution in [0.5, 0.6) is 5.88 Å². The molecule has 4 N–H and O–H groups in total. The molecule has 12 heteroatoms. The zero-order valence-electron chi connectivity index (χ0n) is 19.8. The molecule has 9 nitrogen and oxygen atoms in total. The van der Waals surface area contributed by atoms with Crippen LogP contribution < -0.4 is 14.8 Å². The normalized spacial score (nSPS) is 16.0. The van der Waals surface area contributed by atoms with Gasteiger partial charge in [-0.15, -0.1) is 11.3 Å². The Morgan fingerprint density at radius 3 is 2.78 bits per heavy atom. The fourth-order valence-corrected chi connectivity index (χ4v) is 5.65. The number of urea groups is 1. The monoisotopic (exact) mass is 534 g/mol. The molecular weight excluding hydrogens is 507 g/mol. The first kappa shape index (κ1) is 26.1. The van der Waals surface area contributed by atoms with Crippen molar-refractivity contribution in [2.75, 3.05) is 19.0 Å². The third kappa shape index (κ3) is 5.89. The number of aliphatic hydroxyl groups excluding tert-OH is 1. The number of ether oxygens (including phenoxy) is 1. The summed E-state index contributed by atoms with van der Waals surface area (Å²) in [6.07, 6.45) is 6.60. The average Bonchev–Trinajstić information content (AvgIpc) is 3.34. The lowest BCUT2D eigenvalue weighted by atomic mass is 9.80. The fraction of sp³-hybridized carbons (Fsp3) is 0.375. The van der Waals surface area contributed by atoms with Crippen LogP contribution in [-0.2, 0) is 23.0 Å². The van der Waals surface area contributed by atoms with Gasteiger partial charge in [-0.2, -0.15) is 0 Å². The number of methoxy groups -OCH3 is 1. The van der Waals surface area contributed by atoms with E-state index in [2.05, 4.69) is 20.0 Å². The predicted octanol–water partition coefficient (Wildman–Crippen LogP) is 3.74. The number of nitrogens with zero attached hydrogens (tertiary/aromatic N) is 2. The van der Waals surface area contributed by atoms with Crippen LogP contribution in [0.15, 0.2) is 40.9 Å². The summed E-state index contributed by atoms with van der Waals surface area (Å²) in [5.41, 5.74) is 0.529. The van der Waals surface area contributed by atoms with Gasteiger partial charge in [0, 0.05) is 17.8 Å². The van der Waals surface area contributed by atoms with Crippen molar-refractivity contribution >= 4 is 34.0 Å². The van der Waals surface area contributed by atoms with Crippen molar-refractivity contribution in [2.24, 2.45) is 5.92 Å². The molecule has 1 saturated carbocycles. The Morgan fingerprint density at radius 1 is 1.33 bits per heavy atom. The number of rotatable bonds is 9. The number of hydrogen-bond acceptors (Lipinski definition) is 8. The number of benzene rings is 1. The number of nitrogens with one attached hydrogen (secondary N) is 2. The molecule has 1 aliphatic carbocycles. The van der Waals surface area contributed by atoms with Crippen LogP contribution in [0.4, 0.5) is 14.9 Å². The van der Waals surface area contributed by atoms with E-state index in [4.69, 9.17) is 4.74 Å². The summed E-state index contributed by atoms with van der Waals surface area (Å²) in [5, 5.41) is 22.4. The molecule has 1 aromatic carbocycles. The van der Waals surface area contributed by atoms with Gasteiger partial charge in [-0.05, 0) is 48.6 Å². The molecule has 0 aliphatic heterocycles. The van der Waals surface area contributed by atoms with Crippen LogP contribution in [0.2, 0.25) is 0 Å². The molecule has 0 spiro atoms. The van der Waals surface area contributed by atoms with Crippen LogP contribution in [0, 0.1) is 11.7 Å². The van der Waals surface area contributed by atoms with Gasteiger partial charge in [0.1, 0.15) is 20.6 Å². The first-order valence-corrected chi connectivity index (χ1v) is 13.3. The van der Waals surface area contributed by atoms with Crippen molar-refractivity contribution in [1.82, 2.24) is 14.7 Å². The topological polar surface area (TPSA) is 134 Å². The van der Waals surface area contributed by atoms with Gasteiger partial charge in [-0.3, -0.25) is 4.72 Å². The van der Waals surface area contributed by atoms with E-state index in [1.807, 2.05) is 0 Å². The number of amides is 2. The molecule has 2 unspecified atom stereocenters. The molecule has 0 radical (unpaired) electrons. The quantitative estimate of drug-likeness (QED) is 0.329. The minimum atomic E-state index is -1.97. The number of carbonyl (C=O) groups is 1. The highest BCUT2D eigenvalue weighted by molar-refractivity contribution is 7.86. The molecule has 0 saturated heterocycles. The summed E-state index contributed by atoms with van der Waals surface area (Å²) in [7, 11) is -0.496. The molecule has 4 rings (SSSR count). The average molecular weight is 535 g/mol. The van der Waals surface area contributed by atoms with Gasteiger partial charge >= 0.3 is 6.03 Å². The van der Waals surface area contributed by atoms with Gasteiger partial charge in [0.25, 0.3) is 0 Å². The minimum Gasteiger partial charge on any atom is -0.481 e. The number of aromatic nitrogens is 2. The number of aliphatic hydroxyl groups is 2. The second-order valence-corrected chi connectivity index (χ2v) is 11.3. The second-order valence-electron chi connectivity index (χ2n) is 8.82. The lowest BCUT2D eigenvalue weighted by molar-refractivity contribution is -0.00244. The van der Waals surface area contributed by atoms with Crippen molar-refractivity contribution in [3.05, 3.63) is 53.0 Å². The molecule has 2 aromatic heterocycles. The maximum atomic E-state index is 14.7. The van der Waals surface area contributed by atoms with Crippen molar-refractivity contribution in [3.8, 4) is 17.0 Å². The molecule has 1 fully saturated rings. The van der Waals surface area contributed by atoms with E-state index in [0.29, 0.717) is 40.6 Å². The number of carbonyl (C=O) groups excluding carboxylic acids is 1. The molecule has 2 atom stereocenters. The largest absolute Gasteiger partial charge is 0.481 e. The lowest BCUT2D eigenvalue weighted by Gasteiger charge is -2.27. The Kier molecular flexibility index (Phi) is 7.98. The second kappa shape index (κ2) is 11.0. The van der Waals surface area contributed by atoms with E-state index in [1.165, 1.54) is 38.6 Å². The molecule has 3 aromatic rings. The van der Waals surface area contributed by atoms with E-state index >= 15 is 0 Å². The fourth-order valence-electron chi connectivity index (χ4n) is 3.83. The molecule has 36 heavy (non-hydrogen) atoms. The standard InChI is InChI=1S/C24H27FN4O5S2/c1-24(32,13-30)22-27-12-20(35-22)36(33)29-23(31)28-21-16(8-14-4-3-5-14)9-17(25)11-18(21)15-6-7-26-19(10-15)34-2/h6-7,9-12,14,30,32H,3-5,8,13H2,1-2H3,(H2,28,29,31). The van der Waals surface area contributed by atoms with E-state index in [9.17, 15) is 23.6 Å². The summed E-state index contributed by atoms with van der Waals surface area (Å²) in [4.78, 5) is 21.0. The van der Waals surface area contributed by atoms with Crippen molar-refractivity contribution < 1.29 is 28.3 Å². The Labute approximate surface area is 214 Å². The first-order chi connectivity index (χ1) is 17.2.